The molecule has 1 radical (unpaired) electrons. The molecule has 5 N–H and O–H groups in total. The Balaban J connectivity index is 0. The van der Waals surface area contributed by atoms with Gasteiger partial charge in [-0.15, -0.1) is 0 Å². The molecule has 11 heteroatoms. The number of H-pyrrole nitrogens is 2. The van der Waals surface area contributed by atoms with Crippen molar-refractivity contribution in [2.45, 2.75) is 6.92 Å². The summed E-state index contributed by atoms with van der Waals surface area (Å²) in [5.74, 6) is -2.76. The Hall–Kier alpha value is -3.17. The van der Waals surface area contributed by atoms with Gasteiger partial charge in [0.25, 0.3) is 5.97 Å². The average molecular weight is 391 g/mol. The van der Waals surface area contributed by atoms with Crippen molar-refractivity contribution < 1.29 is 46.8 Å². The normalized spacial score (nSPS) is 9.32. The average Bonchev–Trinajstić information content (AvgIpc) is 3.16. The van der Waals surface area contributed by atoms with E-state index in [-0.39, 0.29) is 17.1 Å². The van der Waals surface area contributed by atoms with Crippen molar-refractivity contribution in [2.24, 2.45) is 0 Å². The van der Waals surface area contributed by atoms with Crippen LogP contribution in [0.25, 0.3) is 12.2 Å². The molecule has 135 valence electrons. The molecule has 2 aromatic heterocycles. The Bertz CT molecular complexity index is 622. The first kappa shape index (κ1) is 24.1. The number of aliphatic carboxylic acids is 3. The molecule has 2 heterocycles. The standard InChI is InChI=1S/2C6H6N2O2.C2H4O2.Mn/c2*9-6(10)2-1-5-3-7-4-8-5;1-2(3)4;/h2*1-4H,(H,7,8)(H,9,10);1H3,(H,3,4);/b2*2-1+;;. The van der Waals surface area contributed by atoms with Gasteiger partial charge < -0.3 is 25.3 Å². The number of carbonyl (C=O) groups is 3. The molecule has 10 nitrogen and oxygen atoms in total. The SMILES string of the molecule is CC(=O)O.O=C(O)/C=C/c1cnc[nH]1.O=C(O)/C=C/c1cnc[nH]1.[Mn]. The van der Waals surface area contributed by atoms with Gasteiger partial charge in [0.15, 0.2) is 0 Å². The van der Waals surface area contributed by atoms with E-state index in [1.165, 1.54) is 24.8 Å². The van der Waals surface area contributed by atoms with Crippen molar-refractivity contribution in [3.8, 4) is 0 Å². The zero-order chi connectivity index (χ0) is 18.4. The molecule has 0 saturated heterocycles. The molecular weight excluding hydrogens is 375 g/mol. The summed E-state index contributed by atoms with van der Waals surface area (Å²) < 4.78 is 0. The van der Waals surface area contributed by atoms with Crippen molar-refractivity contribution in [3.05, 3.63) is 48.6 Å². The van der Waals surface area contributed by atoms with Crippen LogP contribution in [0.1, 0.15) is 18.3 Å². The van der Waals surface area contributed by atoms with E-state index >= 15 is 0 Å². The van der Waals surface area contributed by atoms with Crippen molar-refractivity contribution in [1.29, 1.82) is 0 Å². The summed E-state index contributed by atoms with van der Waals surface area (Å²) in [6.45, 7) is 1.08. The van der Waals surface area contributed by atoms with Crippen LogP contribution in [0.15, 0.2) is 37.2 Å². The molecule has 0 amide bonds. The van der Waals surface area contributed by atoms with Crippen LogP contribution in [0.3, 0.4) is 0 Å². The van der Waals surface area contributed by atoms with Crippen molar-refractivity contribution in [3.63, 3.8) is 0 Å². The van der Waals surface area contributed by atoms with Crippen LogP contribution in [0, 0.1) is 0 Å². The van der Waals surface area contributed by atoms with E-state index in [0.717, 1.165) is 19.1 Å². The number of carboxylic acids is 3. The van der Waals surface area contributed by atoms with E-state index < -0.39 is 17.9 Å². The van der Waals surface area contributed by atoms with E-state index in [2.05, 4.69) is 19.9 Å². The van der Waals surface area contributed by atoms with Gasteiger partial charge in [-0.3, -0.25) is 4.79 Å². The van der Waals surface area contributed by atoms with Crippen LogP contribution >= 0.6 is 0 Å². The smallest absolute Gasteiger partial charge is 0.328 e. The summed E-state index contributed by atoms with van der Waals surface area (Å²) in [5, 5.41) is 23.8. The Morgan fingerprint density at radius 3 is 1.40 bits per heavy atom. The fraction of sp³-hybridized carbons (Fsp3) is 0.0714. The number of aromatic amines is 2. The number of carboxylic acid groups (broad SMARTS) is 3. The number of hydrogen-bond acceptors (Lipinski definition) is 5. The largest absolute Gasteiger partial charge is 0.481 e. The van der Waals surface area contributed by atoms with Gasteiger partial charge in [-0.05, 0) is 12.2 Å². The molecule has 2 aromatic rings. The first-order chi connectivity index (χ1) is 11.3. The number of imidazole rings is 2. The molecule has 2 rings (SSSR count). The van der Waals surface area contributed by atoms with E-state index in [4.69, 9.17) is 20.1 Å². The first-order valence-electron chi connectivity index (χ1n) is 6.29. The summed E-state index contributed by atoms with van der Waals surface area (Å²) in [4.78, 5) is 41.8. The Morgan fingerprint density at radius 1 is 0.880 bits per heavy atom. The molecule has 0 saturated carbocycles. The number of hydrogen-bond donors (Lipinski definition) is 5. The molecule has 25 heavy (non-hydrogen) atoms. The molecule has 0 aromatic carbocycles. The minimum absolute atomic E-state index is 0. The summed E-state index contributed by atoms with van der Waals surface area (Å²) in [7, 11) is 0. The van der Waals surface area contributed by atoms with Crippen LogP contribution in [0.2, 0.25) is 0 Å². The zero-order valence-electron chi connectivity index (χ0n) is 13.0. The molecule has 0 fully saturated rings. The minimum Gasteiger partial charge on any atom is -0.481 e. The molecule has 0 atom stereocenters. The maximum absolute atomic E-state index is 9.97. The number of nitrogens with zero attached hydrogens (tertiary/aromatic N) is 2. The van der Waals surface area contributed by atoms with Gasteiger partial charge in [0, 0.05) is 36.1 Å². The monoisotopic (exact) mass is 391 g/mol. The van der Waals surface area contributed by atoms with Crippen LogP contribution < -0.4 is 0 Å². The van der Waals surface area contributed by atoms with Crippen LogP contribution in [0.5, 0.6) is 0 Å². The topological polar surface area (TPSA) is 169 Å². The maximum atomic E-state index is 9.97. The maximum Gasteiger partial charge on any atom is 0.328 e. The van der Waals surface area contributed by atoms with E-state index in [1.807, 2.05) is 0 Å². The fourth-order valence-corrected chi connectivity index (χ4v) is 1.04. The number of nitrogens with one attached hydrogen (secondary N) is 2. The van der Waals surface area contributed by atoms with Gasteiger partial charge in [0.1, 0.15) is 0 Å². The number of aromatic nitrogens is 4. The molecule has 0 bridgehead atoms. The fourth-order valence-electron chi connectivity index (χ4n) is 1.04. The summed E-state index contributed by atoms with van der Waals surface area (Å²) in [5.41, 5.74) is 1.37. The molecular formula is C14H16MnN4O6. The predicted octanol–water partition coefficient (Wildman–Crippen LogP) is 1.10. The molecule has 0 unspecified atom stereocenters. The van der Waals surface area contributed by atoms with Gasteiger partial charge in [0.2, 0.25) is 0 Å². The molecule has 0 spiro atoms. The minimum atomic E-state index is -0.963. The van der Waals surface area contributed by atoms with Crippen LogP contribution in [-0.4, -0.2) is 53.2 Å². The quantitative estimate of drug-likeness (QED) is 0.381. The second kappa shape index (κ2) is 14.4. The van der Waals surface area contributed by atoms with E-state index in [0.29, 0.717) is 11.4 Å². The first-order valence-corrected chi connectivity index (χ1v) is 6.29. The molecule has 0 aliphatic rings. The Kier molecular flexibility index (Phi) is 13.9. The second-order valence-electron chi connectivity index (χ2n) is 3.88. The van der Waals surface area contributed by atoms with E-state index in [9.17, 15) is 9.59 Å². The molecule has 0 aliphatic carbocycles. The molecule has 0 aliphatic heterocycles. The summed E-state index contributed by atoms with van der Waals surface area (Å²) in [6.07, 6.45) is 11.0. The third-order valence-corrected chi connectivity index (χ3v) is 1.85. The zero-order valence-corrected chi connectivity index (χ0v) is 14.1. The van der Waals surface area contributed by atoms with Gasteiger partial charge in [-0.2, -0.15) is 0 Å². The van der Waals surface area contributed by atoms with Crippen LogP contribution in [-0.2, 0) is 31.5 Å². The van der Waals surface area contributed by atoms with Crippen molar-refractivity contribution in [1.82, 2.24) is 19.9 Å². The summed E-state index contributed by atoms with van der Waals surface area (Å²) in [6, 6.07) is 0. The van der Waals surface area contributed by atoms with E-state index in [1.54, 1.807) is 12.4 Å². The predicted molar refractivity (Wildman–Crippen MR) is 83.8 cm³/mol. The Morgan fingerprint density at radius 2 is 1.20 bits per heavy atom. The second-order valence-corrected chi connectivity index (χ2v) is 3.88. The van der Waals surface area contributed by atoms with Gasteiger partial charge >= 0.3 is 11.9 Å². The Labute approximate surface area is 152 Å². The van der Waals surface area contributed by atoms with Crippen LogP contribution in [0.4, 0.5) is 0 Å². The van der Waals surface area contributed by atoms with Crippen molar-refractivity contribution in [2.75, 3.05) is 0 Å². The number of rotatable bonds is 4. The third-order valence-electron chi connectivity index (χ3n) is 1.85. The third kappa shape index (κ3) is 17.0. The van der Waals surface area contributed by atoms with Gasteiger partial charge in [-0.1, -0.05) is 0 Å². The summed E-state index contributed by atoms with van der Waals surface area (Å²) >= 11 is 0. The van der Waals surface area contributed by atoms with Gasteiger partial charge in [-0.25, -0.2) is 19.6 Å². The van der Waals surface area contributed by atoms with Gasteiger partial charge in [0.05, 0.1) is 36.4 Å². The van der Waals surface area contributed by atoms with Crippen molar-refractivity contribution >= 4 is 30.1 Å².